The lowest BCUT2D eigenvalue weighted by molar-refractivity contribution is 0.112. The maximum absolute atomic E-state index is 10.4. The number of carbonyl (C=O) groups is 1. The number of hydrogen-bond acceptors (Lipinski definition) is 5. The Balaban J connectivity index is 2.37. The van der Waals surface area contributed by atoms with Gasteiger partial charge in [0, 0.05) is 12.4 Å². The fraction of sp³-hybridized carbons (Fsp3) is 0. The van der Waals surface area contributed by atoms with E-state index in [1.54, 1.807) is 0 Å². The van der Waals surface area contributed by atoms with Crippen molar-refractivity contribution in [3.63, 3.8) is 0 Å². The van der Waals surface area contributed by atoms with Gasteiger partial charge in [-0.3, -0.25) is 4.79 Å². The molecule has 0 radical (unpaired) electrons. The summed E-state index contributed by atoms with van der Waals surface area (Å²) in [6.07, 6.45) is 6.37. The van der Waals surface area contributed by atoms with Crippen LogP contribution in [-0.2, 0) is 0 Å². The van der Waals surface area contributed by atoms with Crippen LogP contribution in [0.2, 0.25) is 0 Å². The molecule has 0 aromatic carbocycles. The van der Waals surface area contributed by atoms with Gasteiger partial charge in [-0.1, -0.05) is 0 Å². The number of hydrogen-bond donors (Lipinski definition) is 0. The average molecular weight is 199 g/mol. The van der Waals surface area contributed by atoms with Crippen LogP contribution in [0.1, 0.15) is 15.9 Å². The number of aldehydes is 1. The zero-order valence-corrected chi connectivity index (χ0v) is 7.53. The topological polar surface area (TPSA) is 84.5 Å². The Morgan fingerprint density at radius 3 is 2.60 bits per heavy atom. The molecule has 0 N–H and O–H groups in total. The highest BCUT2D eigenvalue weighted by molar-refractivity contribution is 5.73. The van der Waals surface area contributed by atoms with Crippen LogP contribution >= 0.6 is 0 Å². The lowest BCUT2D eigenvalue weighted by atomic mass is 10.4. The Bertz CT molecular complexity index is 522. The Morgan fingerprint density at radius 2 is 2.07 bits per heavy atom. The number of nitriles is 1. The molecule has 0 aliphatic rings. The van der Waals surface area contributed by atoms with Crippen molar-refractivity contribution in [1.29, 1.82) is 5.26 Å². The molecule has 0 spiro atoms. The van der Waals surface area contributed by atoms with Crippen LogP contribution in [0.25, 0.3) is 5.95 Å². The van der Waals surface area contributed by atoms with Crippen molar-refractivity contribution >= 4 is 6.29 Å². The minimum absolute atomic E-state index is 0.321. The molecule has 2 rings (SSSR count). The molecule has 0 bridgehead atoms. The molecule has 0 saturated heterocycles. The Hall–Kier alpha value is -2.55. The maximum atomic E-state index is 10.4. The molecular formula is C9H5N5O. The van der Waals surface area contributed by atoms with E-state index >= 15 is 0 Å². The van der Waals surface area contributed by atoms with Crippen LogP contribution in [0.5, 0.6) is 0 Å². The molecule has 0 unspecified atom stereocenters. The van der Waals surface area contributed by atoms with Gasteiger partial charge in [0.05, 0.1) is 23.5 Å². The molecule has 0 saturated carbocycles. The molecule has 2 aromatic heterocycles. The molecule has 0 amide bonds. The first-order valence-corrected chi connectivity index (χ1v) is 4.06. The predicted molar refractivity (Wildman–Crippen MR) is 49.3 cm³/mol. The SMILES string of the molecule is N#Cc1cnn(-c2ncc(C=O)cn2)c1. The summed E-state index contributed by atoms with van der Waals surface area (Å²) in [6, 6.07) is 1.94. The third kappa shape index (κ3) is 1.71. The molecule has 0 atom stereocenters. The van der Waals surface area contributed by atoms with E-state index in [1.807, 2.05) is 6.07 Å². The van der Waals surface area contributed by atoms with E-state index in [0.717, 1.165) is 0 Å². The summed E-state index contributed by atoms with van der Waals surface area (Å²) in [7, 11) is 0. The van der Waals surface area contributed by atoms with Crippen molar-refractivity contribution in [1.82, 2.24) is 19.7 Å². The minimum atomic E-state index is 0.321. The van der Waals surface area contributed by atoms with Gasteiger partial charge < -0.3 is 0 Å². The van der Waals surface area contributed by atoms with Gasteiger partial charge in [-0.05, 0) is 0 Å². The smallest absolute Gasteiger partial charge is 0.250 e. The van der Waals surface area contributed by atoms with Crippen molar-refractivity contribution in [3.05, 3.63) is 35.9 Å². The molecule has 0 fully saturated rings. The fourth-order valence-corrected chi connectivity index (χ4v) is 1.00. The highest BCUT2D eigenvalue weighted by Gasteiger charge is 2.02. The maximum Gasteiger partial charge on any atom is 0.250 e. The van der Waals surface area contributed by atoms with Gasteiger partial charge in [0.2, 0.25) is 0 Å². The molecule has 15 heavy (non-hydrogen) atoms. The Kier molecular flexibility index (Phi) is 2.21. The minimum Gasteiger partial charge on any atom is -0.298 e. The fourth-order valence-electron chi connectivity index (χ4n) is 1.00. The van der Waals surface area contributed by atoms with Crippen molar-refractivity contribution < 1.29 is 4.79 Å². The van der Waals surface area contributed by atoms with Gasteiger partial charge in [0.15, 0.2) is 6.29 Å². The van der Waals surface area contributed by atoms with E-state index < -0.39 is 0 Å². The number of nitrogens with zero attached hydrogens (tertiary/aromatic N) is 5. The number of rotatable bonds is 2. The summed E-state index contributed by atoms with van der Waals surface area (Å²) in [4.78, 5) is 18.2. The van der Waals surface area contributed by atoms with Crippen molar-refractivity contribution in [2.24, 2.45) is 0 Å². The second kappa shape index (κ2) is 3.67. The van der Waals surface area contributed by atoms with Gasteiger partial charge in [-0.2, -0.15) is 10.4 Å². The van der Waals surface area contributed by atoms with Crippen LogP contribution in [0.4, 0.5) is 0 Å². The normalized spacial score (nSPS) is 9.53. The lowest BCUT2D eigenvalue weighted by Crippen LogP contribution is -2.01. The zero-order valence-electron chi connectivity index (χ0n) is 7.53. The Morgan fingerprint density at radius 1 is 1.33 bits per heavy atom. The summed E-state index contributed by atoms with van der Waals surface area (Å²) in [6.45, 7) is 0. The summed E-state index contributed by atoms with van der Waals surface area (Å²) in [5.41, 5.74) is 0.824. The average Bonchev–Trinajstić information content (AvgIpc) is 2.78. The molecule has 2 aromatic rings. The highest BCUT2D eigenvalue weighted by Crippen LogP contribution is 2.01. The van der Waals surface area contributed by atoms with Crippen LogP contribution in [-0.4, -0.2) is 26.0 Å². The summed E-state index contributed by atoms with van der Waals surface area (Å²) >= 11 is 0. The second-order valence-corrected chi connectivity index (χ2v) is 2.72. The van der Waals surface area contributed by atoms with Gasteiger partial charge in [0.25, 0.3) is 5.95 Å². The number of carbonyl (C=O) groups excluding carboxylic acids is 1. The van der Waals surface area contributed by atoms with E-state index in [9.17, 15) is 4.79 Å². The molecule has 6 nitrogen and oxygen atoms in total. The lowest BCUT2D eigenvalue weighted by Gasteiger charge is -1.97. The van der Waals surface area contributed by atoms with Crippen molar-refractivity contribution in [2.45, 2.75) is 0 Å². The van der Waals surface area contributed by atoms with E-state index in [1.165, 1.54) is 29.5 Å². The second-order valence-electron chi connectivity index (χ2n) is 2.72. The van der Waals surface area contributed by atoms with Crippen LogP contribution < -0.4 is 0 Å². The van der Waals surface area contributed by atoms with Crippen molar-refractivity contribution in [2.75, 3.05) is 0 Å². The van der Waals surface area contributed by atoms with Gasteiger partial charge in [0.1, 0.15) is 6.07 Å². The standard InChI is InChI=1S/C9H5N5O/c10-1-7-4-13-14(5-7)9-11-2-8(6-15)3-12-9/h2-6H. The third-order valence-corrected chi connectivity index (χ3v) is 1.71. The first kappa shape index (κ1) is 9.02. The molecule has 0 aliphatic heterocycles. The largest absolute Gasteiger partial charge is 0.298 e. The first-order chi connectivity index (χ1) is 7.33. The predicted octanol–water partition coefficient (Wildman–Crippen LogP) is 0.346. The summed E-state index contributed by atoms with van der Waals surface area (Å²) in [5, 5.41) is 12.5. The zero-order chi connectivity index (χ0) is 10.7. The molecule has 6 heteroatoms. The van der Waals surface area contributed by atoms with E-state index in [2.05, 4.69) is 15.1 Å². The molecule has 2 heterocycles. The summed E-state index contributed by atoms with van der Waals surface area (Å²) < 4.78 is 1.37. The highest BCUT2D eigenvalue weighted by atomic mass is 16.1. The van der Waals surface area contributed by atoms with Gasteiger partial charge >= 0.3 is 0 Å². The van der Waals surface area contributed by atoms with Gasteiger partial charge in [-0.15, -0.1) is 0 Å². The molecule has 72 valence electrons. The first-order valence-electron chi connectivity index (χ1n) is 4.06. The van der Waals surface area contributed by atoms with E-state index in [-0.39, 0.29) is 0 Å². The molecule has 0 aliphatic carbocycles. The van der Waals surface area contributed by atoms with Crippen LogP contribution in [0.15, 0.2) is 24.8 Å². The van der Waals surface area contributed by atoms with Crippen LogP contribution in [0, 0.1) is 11.3 Å². The Labute approximate surface area is 84.8 Å². The van der Waals surface area contributed by atoms with Gasteiger partial charge in [-0.25, -0.2) is 14.6 Å². The molecular weight excluding hydrogens is 194 g/mol. The van der Waals surface area contributed by atoms with E-state index in [4.69, 9.17) is 5.26 Å². The van der Waals surface area contributed by atoms with Crippen molar-refractivity contribution in [3.8, 4) is 12.0 Å². The summed E-state index contributed by atoms with van der Waals surface area (Å²) in [5.74, 6) is 0.321. The number of aromatic nitrogens is 4. The monoisotopic (exact) mass is 199 g/mol. The van der Waals surface area contributed by atoms with Crippen LogP contribution in [0.3, 0.4) is 0 Å². The van der Waals surface area contributed by atoms with E-state index in [0.29, 0.717) is 23.4 Å². The third-order valence-electron chi connectivity index (χ3n) is 1.71. The quantitative estimate of drug-likeness (QED) is 0.651.